The average Bonchev–Trinajstić information content (AvgIpc) is 2.83. The fourth-order valence-electron chi connectivity index (χ4n) is 1.97. The summed E-state index contributed by atoms with van der Waals surface area (Å²) in [6.07, 6.45) is 3.24. The number of hydrogen-bond acceptors (Lipinski definition) is 6. The number of aliphatic hydroxyl groups is 1. The number of H-pyrrole nitrogens is 1. The molecular weight excluding hydrogens is 244 g/mol. The van der Waals surface area contributed by atoms with E-state index in [1.165, 1.54) is 0 Å². The monoisotopic (exact) mass is 264 g/mol. The van der Waals surface area contributed by atoms with Crippen molar-refractivity contribution < 1.29 is 5.11 Å². The molecule has 0 aliphatic rings. The molecule has 7 nitrogen and oxygen atoms in total. The van der Waals surface area contributed by atoms with E-state index in [0.29, 0.717) is 24.0 Å². The van der Waals surface area contributed by atoms with Crippen LogP contribution in [0.2, 0.25) is 0 Å². The number of nitrogens with zero attached hydrogens (tertiary/aromatic N) is 3. The van der Waals surface area contributed by atoms with E-state index in [-0.39, 0.29) is 0 Å². The Balaban J connectivity index is 2.22. The van der Waals surface area contributed by atoms with Crippen LogP contribution in [0, 0.1) is 0 Å². The van der Waals surface area contributed by atoms with Gasteiger partial charge in [-0.3, -0.25) is 0 Å². The molecule has 0 fully saturated rings. The van der Waals surface area contributed by atoms with E-state index in [0.717, 1.165) is 18.4 Å². The van der Waals surface area contributed by atoms with Crippen molar-refractivity contribution >= 4 is 22.9 Å². The van der Waals surface area contributed by atoms with E-state index in [1.54, 1.807) is 13.4 Å². The minimum Gasteiger partial charge on any atom is -0.388 e. The van der Waals surface area contributed by atoms with Crippen LogP contribution < -0.4 is 10.6 Å². The molecule has 0 aromatic carbocycles. The van der Waals surface area contributed by atoms with Gasteiger partial charge in [0.15, 0.2) is 11.5 Å². The van der Waals surface area contributed by atoms with Gasteiger partial charge in [0.25, 0.3) is 0 Å². The van der Waals surface area contributed by atoms with Crippen molar-refractivity contribution in [2.45, 2.75) is 32.3 Å². The highest BCUT2D eigenvalue weighted by Gasteiger charge is 2.20. The standard InChI is InChI=1S/C12H20N6O/c1-4-5-12(2,19)6-14-9-8-10(16-7-15-8)18-11(13-3)17-9/h7,19H,4-6H2,1-3H3,(H3,13,14,15,16,17,18). The number of imidazole rings is 1. The number of nitrogens with one attached hydrogen (secondary N) is 3. The maximum Gasteiger partial charge on any atom is 0.226 e. The van der Waals surface area contributed by atoms with Gasteiger partial charge in [0.05, 0.1) is 11.9 Å². The van der Waals surface area contributed by atoms with Crippen molar-refractivity contribution in [2.75, 3.05) is 24.2 Å². The van der Waals surface area contributed by atoms with Crippen LogP contribution in [-0.2, 0) is 0 Å². The van der Waals surface area contributed by atoms with Crippen LogP contribution in [0.25, 0.3) is 11.2 Å². The molecule has 0 saturated heterocycles. The summed E-state index contributed by atoms with van der Waals surface area (Å²) in [5, 5.41) is 16.2. The van der Waals surface area contributed by atoms with Gasteiger partial charge in [0, 0.05) is 13.6 Å². The molecule has 2 aromatic heterocycles. The lowest BCUT2D eigenvalue weighted by Crippen LogP contribution is -2.33. The van der Waals surface area contributed by atoms with E-state index in [2.05, 4.69) is 30.6 Å². The van der Waals surface area contributed by atoms with E-state index in [9.17, 15) is 5.11 Å². The molecule has 0 aliphatic heterocycles. The fourth-order valence-corrected chi connectivity index (χ4v) is 1.97. The Morgan fingerprint density at radius 2 is 2.21 bits per heavy atom. The van der Waals surface area contributed by atoms with E-state index < -0.39 is 5.60 Å². The largest absolute Gasteiger partial charge is 0.388 e. The Kier molecular flexibility index (Phi) is 3.84. The Morgan fingerprint density at radius 1 is 1.42 bits per heavy atom. The maximum atomic E-state index is 10.2. The third kappa shape index (κ3) is 3.11. The highest BCUT2D eigenvalue weighted by Crippen LogP contribution is 2.20. The van der Waals surface area contributed by atoms with E-state index in [1.807, 2.05) is 13.8 Å². The molecule has 19 heavy (non-hydrogen) atoms. The number of anilines is 2. The lowest BCUT2D eigenvalue weighted by Gasteiger charge is -2.23. The SMILES string of the molecule is CCCC(C)(O)CNc1nc(NC)nc2nc[nH]c12. The number of aromatic amines is 1. The minimum absolute atomic E-state index is 0.426. The van der Waals surface area contributed by atoms with Gasteiger partial charge in [-0.2, -0.15) is 9.97 Å². The first-order valence-corrected chi connectivity index (χ1v) is 6.41. The van der Waals surface area contributed by atoms with Gasteiger partial charge >= 0.3 is 0 Å². The summed E-state index contributed by atoms with van der Waals surface area (Å²) in [6, 6.07) is 0. The lowest BCUT2D eigenvalue weighted by atomic mass is 10.0. The molecule has 2 aromatic rings. The molecular formula is C12H20N6O. The number of hydrogen-bond donors (Lipinski definition) is 4. The van der Waals surface area contributed by atoms with Crippen LogP contribution >= 0.6 is 0 Å². The first-order valence-electron chi connectivity index (χ1n) is 6.41. The Bertz CT molecular complexity index is 550. The molecule has 4 N–H and O–H groups in total. The minimum atomic E-state index is -0.758. The second kappa shape index (κ2) is 5.40. The molecule has 0 bridgehead atoms. The van der Waals surface area contributed by atoms with Crippen LogP contribution in [0.1, 0.15) is 26.7 Å². The molecule has 0 radical (unpaired) electrons. The smallest absolute Gasteiger partial charge is 0.226 e. The van der Waals surface area contributed by atoms with Crippen LogP contribution in [0.15, 0.2) is 6.33 Å². The molecule has 1 unspecified atom stereocenters. The normalized spacial score (nSPS) is 14.3. The highest BCUT2D eigenvalue weighted by atomic mass is 16.3. The van der Waals surface area contributed by atoms with Gasteiger partial charge in [0.2, 0.25) is 5.95 Å². The molecule has 0 spiro atoms. The van der Waals surface area contributed by atoms with Gasteiger partial charge < -0.3 is 20.7 Å². The second-order valence-corrected chi connectivity index (χ2v) is 4.85. The third-order valence-corrected chi connectivity index (χ3v) is 2.93. The molecule has 2 rings (SSSR count). The highest BCUT2D eigenvalue weighted by molar-refractivity contribution is 5.83. The summed E-state index contributed by atoms with van der Waals surface area (Å²) in [5.74, 6) is 1.14. The van der Waals surface area contributed by atoms with Gasteiger partial charge in [-0.25, -0.2) is 4.98 Å². The number of rotatable bonds is 6. The summed E-state index contributed by atoms with van der Waals surface area (Å²) in [7, 11) is 1.75. The quantitative estimate of drug-likeness (QED) is 0.629. The predicted octanol–water partition coefficient (Wildman–Crippen LogP) is 1.36. The second-order valence-electron chi connectivity index (χ2n) is 4.85. The van der Waals surface area contributed by atoms with Gasteiger partial charge in [-0.05, 0) is 13.3 Å². The first kappa shape index (κ1) is 13.5. The molecule has 7 heteroatoms. The zero-order valence-corrected chi connectivity index (χ0v) is 11.5. The molecule has 0 saturated carbocycles. The zero-order valence-electron chi connectivity index (χ0n) is 11.5. The Hall–Kier alpha value is -1.89. The van der Waals surface area contributed by atoms with Crippen molar-refractivity contribution in [1.29, 1.82) is 0 Å². The topological polar surface area (TPSA) is 98.8 Å². The van der Waals surface area contributed by atoms with E-state index in [4.69, 9.17) is 0 Å². The zero-order chi connectivity index (χ0) is 13.9. The van der Waals surface area contributed by atoms with Crippen molar-refractivity contribution in [3.63, 3.8) is 0 Å². The van der Waals surface area contributed by atoms with Crippen LogP contribution in [0.3, 0.4) is 0 Å². The van der Waals surface area contributed by atoms with Gasteiger partial charge in [-0.1, -0.05) is 13.3 Å². The summed E-state index contributed by atoms with van der Waals surface area (Å²) in [4.78, 5) is 15.7. The maximum absolute atomic E-state index is 10.2. The summed E-state index contributed by atoms with van der Waals surface area (Å²) in [5.41, 5.74) is 0.578. The molecule has 0 amide bonds. The van der Waals surface area contributed by atoms with Crippen molar-refractivity contribution in [1.82, 2.24) is 19.9 Å². The lowest BCUT2D eigenvalue weighted by molar-refractivity contribution is 0.0636. The van der Waals surface area contributed by atoms with Gasteiger partial charge in [-0.15, -0.1) is 0 Å². The molecule has 1 atom stereocenters. The number of fused-ring (bicyclic) bond motifs is 1. The fraction of sp³-hybridized carbons (Fsp3) is 0.583. The van der Waals surface area contributed by atoms with Crippen LogP contribution in [0.5, 0.6) is 0 Å². The van der Waals surface area contributed by atoms with Crippen molar-refractivity contribution in [3.05, 3.63) is 6.33 Å². The average molecular weight is 264 g/mol. The molecule has 104 valence electrons. The third-order valence-electron chi connectivity index (χ3n) is 2.93. The molecule has 2 heterocycles. The van der Waals surface area contributed by atoms with Crippen molar-refractivity contribution in [3.8, 4) is 0 Å². The van der Waals surface area contributed by atoms with E-state index >= 15 is 0 Å². The Labute approximate surface area is 111 Å². The van der Waals surface area contributed by atoms with Crippen molar-refractivity contribution in [2.24, 2.45) is 0 Å². The van der Waals surface area contributed by atoms with Crippen LogP contribution in [0.4, 0.5) is 11.8 Å². The summed E-state index contributed by atoms with van der Waals surface area (Å²) < 4.78 is 0. The van der Waals surface area contributed by atoms with Crippen LogP contribution in [-0.4, -0.2) is 44.2 Å². The van der Waals surface area contributed by atoms with Gasteiger partial charge in [0.1, 0.15) is 5.52 Å². The number of aromatic nitrogens is 4. The Morgan fingerprint density at radius 3 is 2.89 bits per heavy atom. The molecule has 0 aliphatic carbocycles. The summed E-state index contributed by atoms with van der Waals surface area (Å²) in [6.45, 7) is 4.29. The predicted molar refractivity (Wildman–Crippen MR) is 75.3 cm³/mol. The first-order chi connectivity index (χ1) is 9.05. The summed E-state index contributed by atoms with van der Waals surface area (Å²) >= 11 is 0.